The quantitative estimate of drug-likeness (QED) is 0.691. The maximum absolute atomic E-state index is 13.2. The van der Waals surface area contributed by atoms with Crippen molar-refractivity contribution in [3.05, 3.63) is 12.2 Å². The van der Waals surface area contributed by atoms with Gasteiger partial charge < -0.3 is 9.80 Å². The number of amides is 2. The Bertz CT molecular complexity index is 408. The van der Waals surface area contributed by atoms with E-state index in [1.807, 2.05) is 65.2 Å². The molecule has 2 amide bonds. The van der Waals surface area contributed by atoms with Gasteiger partial charge in [-0.1, -0.05) is 12.2 Å². The summed E-state index contributed by atoms with van der Waals surface area (Å²) in [5.41, 5.74) is 0. The monoisotopic (exact) mass is 336 g/mol. The Kier molecular flexibility index (Phi) is 7.50. The van der Waals surface area contributed by atoms with Crippen molar-refractivity contribution < 1.29 is 9.59 Å². The molecule has 0 saturated heterocycles. The van der Waals surface area contributed by atoms with E-state index in [1.165, 1.54) is 0 Å². The molecule has 0 bridgehead atoms. The molecule has 2 atom stereocenters. The first-order chi connectivity index (χ1) is 11.1. The van der Waals surface area contributed by atoms with Crippen molar-refractivity contribution in [3.8, 4) is 0 Å². The zero-order chi connectivity index (χ0) is 18.6. The van der Waals surface area contributed by atoms with Crippen LogP contribution in [0.5, 0.6) is 0 Å². The van der Waals surface area contributed by atoms with E-state index in [1.54, 1.807) is 0 Å². The molecule has 1 aliphatic rings. The number of rotatable bonds is 6. The molecule has 0 heterocycles. The molecule has 0 saturated carbocycles. The van der Waals surface area contributed by atoms with Crippen LogP contribution in [0.15, 0.2) is 12.2 Å². The first-order valence-electron chi connectivity index (χ1n) is 9.38. The van der Waals surface area contributed by atoms with Crippen molar-refractivity contribution in [2.24, 2.45) is 11.8 Å². The van der Waals surface area contributed by atoms with E-state index in [-0.39, 0.29) is 47.8 Å². The van der Waals surface area contributed by atoms with Gasteiger partial charge in [-0.05, 0) is 68.2 Å². The molecule has 2 unspecified atom stereocenters. The van der Waals surface area contributed by atoms with Crippen molar-refractivity contribution in [2.75, 3.05) is 0 Å². The molecule has 4 nitrogen and oxygen atoms in total. The van der Waals surface area contributed by atoms with Crippen LogP contribution in [0.4, 0.5) is 0 Å². The average molecular weight is 337 g/mol. The summed E-state index contributed by atoms with van der Waals surface area (Å²) in [4.78, 5) is 30.2. The molecule has 4 heteroatoms. The highest BCUT2D eigenvalue weighted by Crippen LogP contribution is 2.31. The number of carbonyl (C=O) groups excluding carboxylic acids is 2. The zero-order valence-corrected chi connectivity index (χ0v) is 16.7. The first kappa shape index (κ1) is 20.7. The third-order valence-electron chi connectivity index (χ3n) is 4.80. The van der Waals surface area contributed by atoms with Gasteiger partial charge in [0.1, 0.15) is 0 Å². The minimum atomic E-state index is -0.243. The molecule has 24 heavy (non-hydrogen) atoms. The van der Waals surface area contributed by atoms with Crippen LogP contribution in [0.25, 0.3) is 0 Å². The van der Waals surface area contributed by atoms with Gasteiger partial charge >= 0.3 is 0 Å². The third-order valence-corrected chi connectivity index (χ3v) is 4.80. The minimum absolute atomic E-state index is 0.121. The number of allylic oxidation sites excluding steroid dienone is 2. The lowest BCUT2D eigenvalue weighted by Gasteiger charge is -2.40. The molecule has 1 rings (SSSR count). The van der Waals surface area contributed by atoms with E-state index < -0.39 is 0 Å². The first-order valence-corrected chi connectivity index (χ1v) is 9.38. The molecule has 0 aromatic heterocycles. The van der Waals surface area contributed by atoms with E-state index in [0.717, 1.165) is 0 Å². The van der Waals surface area contributed by atoms with Gasteiger partial charge in [0.15, 0.2) is 0 Å². The van der Waals surface area contributed by atoms with E-state index in [4.69, 9.17) is 0 Å². The summed E-state index contributed by atoms with van der Waals surface area (Å²) in [7, 11) is 0. The van der Waals surface area contributed by atoms with Crippen molar-refractivity contribution in [3.63, 3.8) is 0 Å². The van der Waals surface area contributed by atoms with Gasteiger partial charge in [-0.25, -0.2) is 0 Å². The highest BCUT2D eigenvalue weighted by Gasteiger charge is 2.40. The number of carbonyl (C=O) groups is 2. The van der Waals surface area contributed by atoms with Crippen molar-refractivity contribution >= 4 is 11.8 Å². The van der Waals surface area contributed by atoms with Gasteiger partial charge in [-0.15, -0.1) is 0 Å². The molecule has 0 radical (unpaired) electrons. The lowest BCUT2D eigenvalue weighted by atomic mass is 9.80. The minimum Gasteiger partial charge on any atom is -0.338 e. The molecule has 0 N–H and O–H groups in total. The fraction of sp³-hybridized carbons (Fsp3) is 0.800. The Hall–Kier alpha value is -1.32. The molecule has 0 aromatic carbocycles. The van der Waals surface area contributed by atoms with Gasteiger partial charge in [0.05, 0.1) is 11.8 Å². The van der Waals surface area contributed by atoms with Gasteiger partial charge in [0.2, 0.25) is 11.8 Å². The highest BCUT2D eigenvalue weighted by molar-refractivity contribution is 5.89. The lowest BCUT2D eigenvalue weighted by molar-refractivity contribution is -0.150. The summed E-state index contributed by atoms with van der Waals surface area (Å²) in [5, 5.41) is 0. The van der Waals surface area contributed by atoms with Gasteiger partial charge in [0, 0.05) is 24.2 Å². The van der Waals surface area contributed by atoms with E-state index in [0.29, 0.717) is 12.8 Å². The summed E-state index contributed by atoms with van der Waals surface area (Å²) < 4.78 is 0. The van der Waals surface area contributed by atoms with Crippen LogP contribution in [-0.4, -0.2) is 45.8 Å². The zero-order valence-electron chi connectivity index (χ0n) is 16.7. The Morgan fingerprint density at radius 1 is 0.667 bits per heavy atom. The van der Waals surface area contributed by atoms with Crippen molar-refractivity contribution in [2.45, 2.75) is 92.4 Å². The molecule has 0 aliphatic heterocycles. The van der Waals surface area contributed by atoms with Gasteiger partial charge in [-0.3, -0.25) is 9.59 Å². The van der Waals surface area contributed by atoms with Crippen LogP contribution >= 0.6 is 0 Å². The molecule has 0 fully saturated rings. The lowest BCUT2D eigenvalue weighted by Crippen LogP contribution is -2.52. The summed E-state index contributed by atoms with van der Waals surface area (Å²) >= 11 is 0. The maximum atomic E-state index is 13.2. The standard InChI is InChI=1S/C20H36N2O2/c1-13(2)21(14(3)4)19(23)17-11-9-10-12-18(17)20(24)22(15(5)6)16(7)8/h9-10,13-18H,11-12H2,1-8H3. The smallest absolute Gasteiger partial charge is 0.227 e. The fourth-order valence-corrected chi connectivity index (χ4v) is 3.95. The second kappa shape index (κ2) is 8.68. The number of nitrogens with zero attached hydrogens (tertiary/aromatic N) is 2. The highest BCUT2D eigenvalue weighted by atomic mass is 16.2. The summed E-state index contributed by atoms with van der Waals surface area (Å²) in [6, 6.07) is 0.576. The van der Waals surface area contributed by atoms with Crippen molar-refractivity contribution in [1.82, 2.24) is 9.80 Å². The largest absolute Gasteiger partial charge is 0.338 e. The van der Waals surface area contributed by atoms with Crippen LogP contribution in [0.2, 0.25) is 0 Å². The third kappa shape index (κ3) is 4.61. The Morgan fingerprint density at radius 3 is 1.12 bits per heavy atom. The SMILES string of the molecule is CC(C)N(C(=O)C1CC=CCC1C(=O)N(C(C)C)C(C)C)C(C)C. The van der Waals surface area contributed by atoms with E-state index in [9.17, 15) is 9.59 Å². The Morgan fingerprint density at radius 2 is 0.917 bits per heavy atom. The molecule has 1 aliphatic carbocycles. The molecule has 0 aromatic rings. The van der Waals surface area contributed by atoms with E-state index in [2.05, 4.69) is 12.2 Å². The maximum Gasteiger partial charge on any atom is 0.227 e. The predicted molar refractivity (Wildman–Crippen MR) is 99.6 cm³/mol. The van der Waals surface area contributed by atoms with Gasteiger partial charge in [0.25, 0.3) is 0 Å². The average Bonchev–Trinajstić information content (AvgIpc) is 2.45. The number of hydrogen-bond acceptors (Lipinski definition) is 2. The van der Waals surface area contributed by atoms with Crippen LogP contribution in [0.1, 0.15) is 68.2 Å². The van der Waals surface area contributed by atoms with Crippen LogP contribution in [0, 0.1) is 11.8 Å². The van der Waals surface area contributed by atoms with Crippen molar-refractivity contribution in [1.29, 1.82) is 0 Å². The topological polar surface area (TPSA) is 40.6 Å². The molecular formula is C20H36N2O2. The predicted octanol–water partition coefficient (Wildman–Crippen LogP) is 3.86. The Balaban J connectivity index is 3.10. The van der Waals surface area contributed by atoms with E-state index >= 15 is 0 Å². The number of hydrogen-bond donors (Lipinski definition) is 0. The van der Waals surface area contributed by atoms with Crippen LogP contribution in [0.3, 0.4) is 0 Å². The molecule has 0 spiro atoms. The summed E-state index contributed by atoms with van der Waals surface area (Å²) in [6.45, 7) is 16.3. The van der Waals surface area contributed by atoms with Crippen LogP contribution < -0.4 is 0 Å². The summed E-state index contributed by atoms with van der Waals surface area (Å²) in [5.74, 6) is -0.245. The second-order valence-corrected chi connectivity index (χ2v) is 8.02. The summed E-state index contributed by atoms with van der Waals surface area (Å²) in [6.07, 6.45) is 5.44. The normalized spacial score (nSPS) is 21.0. The molecular weight excluding hydrogens is 300 g/mol. The van der Waals surface area contributed by atoms with Gasteiger partial charge in [-0.2, -0.15) is 0 Å². The Labute approximate surface area is 148 Å². The molecule has 138 valence electrons. The second-order valence-electron chi connectivity index (χ2n) is 8.02. The van der Waals surface area contributed by atoms with Crippen LogP contribution in [-0.2, 0) is 9.59 Å². The fourth-order valence-electron chi connectivity index (χ4n) is 3.95.